The van der Waals surface area contributed by atoms with Gasteiger partial charge in [-0.3, -0.25) is 4.90 Å². The van der Waals surface area contributed by atoms with Gasteiger partial charge in [-0.2, -0.15) is 0 Å². The summed E-state index contributed by atoms with van der Waals surface area (Å²) in [5.74, 6) is 0.914. The maximum Gasteiger partial charge on any atom is 0.0534 e. The van der Waals surface area contributed by atoms with Crippen LogP contribution in [0.1, 0.15) is 32.1 Å². The molecule has 17 heavy (non-hydrogen) atoms. The van der Waals surface area contributed by atoms with Crippen LogP contribution in [0.15, 0.2) is 0 Å². The summed E-state index contributed by atoms with van der Waals surface area (Å²) in [6.45, 7) is 6.05. The number of nitrogens with one attached hydrogen (secondary N) is 1. The van der Waals surface area contributed by atoms with Crippen LogP contribution in [-0.2, 0) is 4.74 Å². The molecule has 3 aliphatic rings. The van der Waals surface area contributed by atoms with Gasteiger partial charge in [0, 0.05) is 31.7 Å². The summed E-state index contributed by atoms with van der Waals surface area (Å²) in [5, 5.41) is 3.47. The van der Waals surface area contributed by atoms with Crippen LogP contribution in [0.3, 0.4) is 0 Å². The molecule has 2 atom stereocenters. The van der Waals surface area contributed by atoms with Crippen molar-refractivity contribution in [1.82, 2.24) is 10.2 Å². The van der Waals surface area contributed by atoms with Crippen molar-refractivity contribution in [3.8, 4) is 0 Å². The highest BCUT2D eigenvalue weighted by molar-refractivity contribution is 5.02. The summed E-state index contributed by atoms with van der Waals surface area (Å²) in [6.07, 6.45) is 6.94. The second-order valence-electron chi connectivity index (χ2n) is 6.30. The van der Waals surface area contributed by atoms with E-state index < -0.39 is 0 Å². The molecule has 0 aromatic carbocycles. The summed E-state index contributed by atoms with van der Waals surface area (Å²) in [5.41, 5.74) is 0.514. The SMILES string of the molecule is COC[C@@]12CCC[C@@H]1CN(C1CCNCC1)C2. The van der Waals surface area contributed by atoms with E-state index in [1.807, 2.05) is 7.11 Å². The Bertz CT molecular complexity index is 265. The molecule has 0 aromatic heterocycles. The van der Waals surface area contributed by atoms with Crippen LogP contribution >= 0.6 is 0 Å². The summed E-state index contributed by atoms with van der Waals surface area (Å²) in [6, 6.07) is 0.843. The van der Waals surface area contributed by atoms with Crippen LogP contribution in [-0.4, -0.2) is 50.8 Å². The molecule has 1 aliphatic carbocycles. The van der Waals surface area contributed by atoms with E-state index in [9.17, 15) is 0 Å². The molecule has 0 aromatic rings. The molecule has 1 saturated carbocycles. The minimum Gasteiger partial charge on any atom is -0.384 e. The molecule has 0 radical (unpaired) electrons. The van der Waals surface area contributed by atoms with Gasteiger partial charge in [0.15, 0.2) is 0 Å². The van der Waals surface area contributed by atoms with Crippen LogP contribution in [0, 0.1) is 11.3 Å². The molecule has 3 fully saturated rings. The first kappa shape index (κ1) is 11.9. The second-order valence-corrected chi connectivity index (χ2v) is 6.30. The van der Waals surface area contributed by atoms with Crippen LogP contribution < -0.4 is 5.32 Å². The van der Waals surface area contributed by atoms with Crippen molar-refractivity contribution in [3.05, 3.63) is 0 Å². The second kappa shape index (κ2) is 4.87. The topological polar surface area (TPSA) is 24.5 Å². The smallest absolute Gasteiger partial charge is 0.0534 e. The number of hydrogen-bond donors (Lipinski definition) is 1. The number of fused-ring (bicyclic) bond motifs is 1. The predicted octanol–water partition coefficient (Wildman–Crippen LogP) is 1.49. The maximum atomic E-state index is 5.53. The number of nitrogens with zero attached hydrogens (tertiary/aromatic N) is 1. The highest BCUT2D eigenvalue weighted by atomic mass is 16.5. The zero-order valence-corrected chi connectivity index (χ0v) is 11.1. The molecule has 2 aliphatic heterocycles. The Kier molecular flexibility index (Phi) is 3.42. The van der Waals surface area contributed by atoms with E-state index in [0.29, 0.717) is 5.41 Å². The van der Waals surface area contributed by atoms with Gasteiger partial charge in [0.25, 0.3) is 0 Å². The number of piperidine rings is 1. The van der Waals surface area contributed by atoms with Crippen LogP contribution in [0.4, 0.5) is 0 Å². The Morgan fingerprint density at radius 2 is 2.12 bits per heavy atom. The fourth-order valence-corrected chi connectivity index (χ4v) is 4.43. The van der Waals surface area contributed by atoms with Gasteiger partial charge in [0.1, 0.15) is 0 Å². The van der Waals surface area contributed by atoms with Gasteiger partial charge in [-0.1, -0.05) is 6.42 Å². The summed E-state index contributed by atoms with van der Waals surface area (Å²) < 4.78 is 5.53. The van der Waals surface area contributed by atoms with E-state index in [1.54, 1.807) is 0 Å². The number of rotatable bonds is 3. The van der Waals surface area contributed by atoms with E-state index >= 15 is 0 Å². The third-order valence-electron chi connectivity index (χ3n) is 5.32. The number of ether oxygens (including phenoxy) is 1. The van der Waals surface area contributed by atoms with Crippen LogP contribution in [0.2, 0.25) is 0 Å². The Morgan fingerprint density at radius 3 is 2.88 bits per heavy atom. The molecule has 2 heterocycles. The quantitative estimate of drug-likeness (QED) is 0.806. The van der Waals surface area contributed by atoms with Crippen LogP contribution in [0.25, 0.3) is 0 Å². The van der Waals surface area contributed by atoms with Gasteiger partial charge in [-0.15, -0.1) is 0 Å². The zero-order valence-electron chi connectivity index (χ0n) is 11.1. The minimum atomic E-state index is 0.514. The molecule has 2 saturated heterocycles. The molecule has 0 amide bonds. The first-order valence-electron chi connectivity index (χ1n) is 7.28. The maximum absolute atomic E-state index is 5.53. The number of methoxy groups -OCH3 is 1. The molecule has 0 spiro atoms. The van der Waals surface area contributed by atoms with Gasteiger partial charge in [0.05, 0.1) is 6.61 Å². The normalized spacial score (nSPS) is 39.7. The highest BCUT2D eigenvalue weighted by Crippen LogP contribution is 2.49. The minimum absolute atomic E-state index is 0.514. The first-order chi connectivity index (χ1) is 8.34. The monoisotopic (exact) mass is 238 g/mol. The Balaban J connectivity index is 1.66. The van der Waals surface area contributed by atoms with E-state index in [-0.39, 0.29) is 0 Å². The van der Waals surface area contributed by atoms with Crippen molar-refractivity contribution in [2.75, 3.05) is 39.9 Å². The molecule has 3 rings (SSSR count). The fourth-order valence-electron chi connectivity index (χ4n) is 4.43. The lowest BCUT2D eigenvalue weighted by molar-refractivity contribution is 0.0652. The summed E-state index contributed by atoms with van der Waals surface area (Å²) in [7, 11) is 1.87. The standard InChI is InChI=1S/C14H26N2O/c1-17-11-14-6-2-3-12(14)9-16(10-14)13-4-7-15-8-5-13/h12-13,15H,2-11H2,1H3/t12-,14+/m1/s1. The van der Waals surface area contributed by atoms with Gasteiger partial charge in [-0.25, -0.2) is 0 Å². The predicted molar refractivity (Wildman–Crippen MR) is 69.1 cm³/mol. The molecule has 3 nitrogen and oxygen atoms in total. The first-order valence-corrected chi connectivity index (χ1v) is 7.28. The highest BCUT2D eigenvalue weighted by Gasteiger charge is 2.50. The Hall–Kier alpha value is -0.120. The fraction of sp³-hybridized carbons (Fsp3) is 1.00. The molecule has 3 heteroatoms. The van der Waals surface area contributed by atoms with Crippen molar-refractivity contribution in [1.29, 1.82) is 0 Å². The molecule has 98 valence electrons. The van der Waals surface area contributed by atoms with Crippen molar-refractivity contribution in [2.45, 2.75) is 38.1 Å². The van der Waals surface area contributed by atoms with Crippen molar-refractivity contribution >= 4 is 0 Å². The lowest BCUT2D eigenvalue weighted by Gasteiger charge is -2.33. The van der Waals surface area contributed by atoms with Gasteiger partial charge in [0.2, 0.25) is 0 Å². The summed E-state index contributed by atoms with van der Waals surface area (Å²) >= 11 is 0. The Labute approximate surface area is 105 Å². The molecule has 1 N–H and O–H groups in total. The zero-order chi connectivity index (χ0) is 11.7. The molecule has 0 bridgehead atoms. The van der Waals surface area contributed by atoms with Gasteiger partial charge < -0.3 is 10.1 Å². The third kappa shape index (κ3) is 2.13. The lowest BCUT2D eigenvalue weighted by atomic mass is 9.82. The largest absolute Gasteiger partial charge is 0.384 e. The van der Waals surface area contributed by atoms with Crippen molar-refractivity contribution < 1.29 is 4.74 Å². The third-order valence-corrected chi connectivity index (χ3v) is 5.32. The molecular weight excluding hydrogens is 212 g/mol. The summed E-state index contributed by atoms with van der Waals surface area (Å²) in [4.78, 5) is 2.78. The van der Waals surface area contributed by atoms with Gasteiger partial charge >= 0.3 is 0 Å². The van der Waals surface area contributed by atoms with Crippen molar-refractivity contribution in [2.24, 2.45) is 11.3 Å². The van der Waals surface area contributed by atoms with E-state index in [1.165, 1.54) is 58.3 Å². The van der Waals surface area contributed by atoms with Crippen molar-refractivity contribution in [3.63, 3.8) is 0 Å². The average molecular weight is 238 g/mol. The molecular formula is C14H26N2O. The number of hydrogen-bond acceptors (Lipinski definition) is 3. The van der Waals surface area contributed by atoms with E-state index in [4.69, 9.17) is 4.74 Å². The Morgan fingerprint density at radius 1 is 1.29 bits per heavy atom. The van der Waals surface area contributed by atoms with Gasteiger partial charge in [-0.05, 0) is 44.7 Å². The van der Waals surface area contributed by atoms with Crippen LogP contribution in [0.5, 0.6) is 0 Å². The van der Waals surface area contributed by atoms with E-state index in [0.717, 1.165) is 18.6 Å². The lowest BCUT2D eigenvalue weighted by Crippen LogP contribution is -2.43. The number of likely N-dealkylation sites (tertiary alicyclic amines) is 1. The van der Waals surface area contributed by atoms with E-state index in [2.05, 4.69) is 10.2 Å². The average Bonchev–Trinajstić information content (AvgIpc) is 2.87. The molecule has 0 unspecified atom stereocenters.